The summed E-state index contributed by atoms with van der Waals surface area (Å²) in [4.78, 5) is 41.7. The molecule has 3 saturated heterocycles. The topological polar surface area (TPSA) is 60.9 Å². The van der Waals surface area contributed by atoms with Gasteiger partial charge in [0.1, 0.15) is 5.82 Å². The van der Waals surface area contributed by atoms with Gasteiger partial charge >= 0.3 is 0 Å². The minimum absolute atomic E-state index is 0.0000627. The van der Waals surface area contributed by atoms with Crippen LogP contribution in [0.2, 0.25) is 5.02 Å². The van der Waals surface area contributed by atoms with Crippen molar-refractivity contribution in [2.75, 3.05) is 37.6 Å². The summed E-state index contributed by atoms with van der Waals surface area (Å²) >= 11 is 5.70. The van der Waals surface area contributed by atoms with Crippen molar-refractivity contribution in [3.05, 3.63) is 29.0 Å². The monoisotopic (exact) mass is 393 g/mol. The van der Waals surface area contributed by atoms with Gasteiger partial charge in [0.2, 0.25) is 17.7 Å². The molecule has 27 heavy (non-hydrogen) atoms. The van der Waals surface area contributed by atoms with E-state index in [-0.39, 0.29) is 41.1 Å². The molecule has 0 aliphatic carbocycles. The Balaban J connectivity index is 1.38. The van der Waals surface area contributed by atoms with Crippen molar-refractivity contribution in [3.8, 4) is 0 Å². The minimum Gasteiger partial charge on any atom is -0.342 e. The zero-order valence-electron chi connectivity index (χ0n) is 15.1. The van der Waals surface area contributed by atoms with Crippen LogP contribution in [0.4, 0.5) is 10.1 Å². The highest BCUT2D eigenvalue weighted by molar-refractivity contribution is 6.30. The summed E-state index contributed by atoms with van der Waals surface area (Å²) in [6, 6.07) is 4.22. The molecule has 0 saturated carbocycles. The van der Waals surface area contributed by atoms with Crippen LogP contribution >= 0.6 is 11.6 Å². The molecule has 3 amide bonds. The Morgan fingerprint density at radius 3 is 2.56 bits per heavy atom. The Labute approximate surface area is 161 Å². The normalized spacial score (nSPS) is 23.9. The largest absolute Gasteiger partial charge is 0.342 e. The molecule has 1 spiro atoms. The zero-order chi connectivity index (χ0) is 19.3. The number of hydrogen-bond acceptors (Lipinski definition) is 3. The van der Waals surface area contributed by atoms with E-state index >= 15 is 0 Å². The number of amides is 3. The number of anilines is 1. The van der Waals surface area contributed by atoms with Gasteiger partial charge in [-0.3, -0.25) is 14.4 Å². The van der Waals surface area contributed by atoms with Crippen LogP contribution in [-0.2, 0) is 14.4 Å². The van der Waals surface area contributed by atoms with Crippen LogP contribution in [0.5, 0.6) is 0 Å². The highest BCUT2D eigenvalue weighted by Gasteiger charge is 2.51. The van der Waals surface area contributed by atoms with E-state index in [1.165, 1.54) is 17.0 Å². The third kappa shape index (κ3) is 3.18. The second-order valence-electron chi connectivity index (χ2n) is 7.89. The highest BCUT2D eigenvalue weighted by Crippen LogP contribution is 2.41. The van der Waals surface area contributed by atoms with Crippen LogP contribution in [0.15, 0.2) is 18.2 Å². The second kappa shape index (κ2) is 6.48. The molecule has 3 aliphatic heterocycles. The first kappa shape index (κ1) is 18.2. The number of carbonyl (C=O) groups is 3. The molecule has 1 aromatic carbocycles. The average molecular weight is 394 g/mol. The van der Waals surface area contributed by atoms with Crippen molar-refractivity contribution in [2.45, 2.75) is 19.8 Å². The summed E-state index contributed by atoms with van der Waals surface area (Å²) in [6.45, 7) is 4.54. The lowest BCUT2D eigenvalue weighted by atomic mass is 9.78. The maximum absolute atomic E-state index is 13.7. The third-order valence-corrected chi connectivity index (χ3v) is 6.24. The minimum atomic E-state index is -0.585. The van der Waals surface area contributed by atoms with E-state index in [0.29, 0.717) is 25.3 Å². The van der Waals surface area contributed by atoms with Gasteiger partial charge in [0, 0.05) is 57.2 Å². The molecule has 3 heterocycles. The number of benzene rings is 1. The van der Waals surface area contributed by atoms with Crippen LogP contribution in [0.25, 0.3) is 0 Å². The van der Waals surface area contributed by atoms with Crippen molar-refractivity contribution in [1.82, 2.24) is 9.80 Å². The summed E-state index contributed by atoms with van der Waals surface area (Å²) in [6.07, 6.45) is 1.04. The Kier molecular flexibility index (Phi) is 4.37. The van der Waals surface area contributed by atoms with E-state index in [9.17, 15) is 18.8 Å². The van der Waals surface area contributed by atoms with Gasteiger partial charge in [-0.05, 0) is 24.6 Å². The molecule has 144 valence electrons. The molecule has 1 aromatic rings. The number of carbonyl (C=O) groups excluding carboxylic acids is 3. The predicted octanol–water partition coefficient (Wildman–Crippen LogP) is 1.91. The Hall–Kier alpha value is -2.15. The van der Waals surface area contributed by atoms with E-state index in [0.717, 1.165) is 13.0 Å². The van der Waals surface area contributed by atoms with Crippen molar-refractivity contribution in [1.29, 1.82) is 0 Å². The number of halogens is 2. The van der Waals surface area contributed by atoms with Gasteiger partial charge < -0.3 is 14.7 Å². The van der Waals surface area contributed by atoms with Gasteiger partial charge in [0.25, 0.3) is 0 Å². The average Bonchev–Trinajstić information content (AvgIpc) is 3.20. The highest BCUT2D eigenvalue weighted by atomic mass is 35.5. The molecule has 0 aromatic heterocycles. The summed E-state index contributed by atoms with van der Waals surface area (Å²) in [7, 11) is 0. The van der Waals surface area contributed by atoms with Gasteiger partial charge in [-0.15, -0.1) is 0 Å². The van der Waals surface area contributed by atoms with Gasteiger partial charge in [0.05, 0.1) is 10.9 Å². The first-order valence-corrected chi connectivity index (χ1v) is 9.45. The van der Waals surface area contributed by atoms with Gasteiger partial charge in [-0.1, -0.05) is 11.6 Å². The van der Waals surface area contributed by atoms with Crippen molar-refractivity contribution in [2.24, 2.45) is 11.3 Å². The van der Waals surface area contributed by atoms with Gasteiger partial charge in [-0.25, -0.2) is 4.39 Å². The molecule has 0 N–H and O–H groups in total. The number of likely N-dealkylation sites (tertiary alicyclic amines) is 2. The van der Waals surface area contributed by atoms with Crippen molar-refractivity contribution < 1.29 is 18.8 Å². The van der Waals surface area contributed by atoms with E-state index in [2.05, 4.69) is 0 Å². The van der Waals surface area contributed by atoms with E-state index in [1.807, 2.05) is 4.90 Å². The Morgan fingerprint density at radius 2 is 1.93 bits per heavy atom. The molecule has 3 fully saturated rings. The smallest absolute Gasteiger partial charge is 0.228 e. The molecule has 0 bridgehead atoms. The molecule has 1 unspecified atom stereocenters. The fourth-order valence-electron chi connectivity index (χ4n) is 4.41. The van der Waals surface area contributed by atoms with Crippen molar-refractivity contribution in [3.63, 3.8) is 0 Å². The number of nitrogens with zero attached hydrogens (tertiary/aromatic N) is 3. The molecule has 0 radical (unpaired) electrons. The predicted molar refractivity (Wildman–Crippen MR) is 97.8 cm³/mol. The lowest BCUT2D eigenvalue weighted by molar-refractivity contribution is -0.147. The molecule has 6 nitrogen and oxygen atoms in total. The fourth-order valence-corrected chi connectivity index (χ4v) is 4.53. The molecule has 8 heteroatoms. The molecular formula is C19H21ClFN3O3. The summed E-state index contributed by atoms with van der Waals surface area (Å²) in [5, 5.41) is 0.0000627. The summed E-state index contributed by atoms with van der Waals surface area (Å²) in [5.41, 5.74) is 0.438. The van der Waals surface area contributed by atoms with E-state index < -0.39 is 11.7 Å². The third-order valence-electron chi connectivity index (χ3n) is 5.94. The fraction of sp³-hybridized carbons (Fsp3) is 0.526. The van der Waals surface area contributed by atoms with Gasteiger partial charge in [-0.2, -0.15) is 0 Å². The molecular weight excluding hydrogens is 373 g/mol. The van der Waals surface area contributed by atoms with E-state index in [4.69, 9.17) is 11.6 Å². The summed E-state index contributed by atoms with van der Waals surface area (Å²) < 4.78 is 13.7. The van der Waals surface area contributed by atoms with Crippen LogP contribution < -0.4 is 4.90 Å². The van der Waals surface area contributed by atoms with Crippen molar-refractivity contribution >= 4 is 35.0 Å². The first-order chi connectivity index (χ1) is 12.8. The van der Waals surface area contributed by atoms with Gasteiger partial charge in [0.15, 0.2) is 0 Å². The maximum Gasteiger partial charge on any atom is 0.228 e. The Bertz CT molecular complexity index is 824. The van der Waals surface area contributed by atoms with Crippen LogP contribution in [0.3, 0.4) is 0 Å². The maximum atomic E-state index is 13.7. The lowest BCUT2D eigenvalue weighted by Gasteiger charge is -2.48. The van der Waals surface area contributed by atoms with E-state index in [1.54, 1.807) is 17.9 Å². The first-order valence-electron chi connectivity index (χ1n) is 9.08. The Morgan fingerprint density at radius 1 is 1.22 bits per heavy atom. The number of hydrogen-bond donors (Lipinski definition) is 0. The standard InChI is InChI=1S/C19H21ClFN3O3/c1-12(25)22-5-4-19(9-22)10-23(11-19)18(27)13-6-17(26)24(8-13)14-2-3-15(20)16(21)7-14/h2-3,7,13H,4-6,8-11H2,1H3. The SMILES string of the molecule is CC(=O)N1CCC2(C1)CN(C(=O)C1CC(=O)N(c3ccc(Cl)c(F)c3)C1)C2. The van der Waals surface area contributed by atoms with Crippen LogP contribution in [-0.4, -0.2) is 60.2 Å². The van der Waals surface area contributed by atoms with Crippen LogP contribution in [0, 0.1) is 17.2 Å². The molecule has 4 rings (SSSR count). The number of rotatable bonds is 2. The summed E-state index contributed by atoms with van der Waals surface area (Å²) in [5.74, 6) is -1.15. The molecule has 1 atom stereocenters. The zero-order valence-corrected chi connectivity index (χ0v) is 15.8. The van der Waals surface area contributed by atoms with Crippen LogP contribution in [0.1, 0.15) is 19.8 Å². The second-order valence-corrected chi connectivity index (χ2v) is 8.30. The quantitative estimate of drug-likeness (QED) is 0.771. The lowest BCUT2D eigenvalue weighted by Crippen LogP contribution is -2.61. The molecule has 3 aliphatic rings.